The molecule has 0 aliphatic heterocycles. The molecule has 0 radical (unpaired) electrons. The van der Waals surface area contributed by atoms with E-state index in [1.165, 1.54) is 11.0 Å². The van der Waals surface area contributed by atoms with Gasteiger partial charge in [0.05, 0.1) is 17.5 Å². The Morgan fingerprint density at radius 3 is 2.21 bits per heavy atom. The Labute approximate surface area is 223 Å². The zero-order valence-electron chi connectivity index (χ0n) is 22.2. The van der Waals surface area contributed by atoms with Crippen molar-refractivity contribution in [3.8, 4) is 0 Å². The van der Waals surface area contributed by atoms with Gasteiger partial charge in [-0.3, -0.25) is 13.9 Å². The highest BCUT2D eigenvalue weighted by atomic mass is 32.2. The molecule has 0 saturated heterocycles. The van der Waals surface area contributed by atoms with Crippen molar-refractivity contribution in [1.82, 2.24) is 10.2 Å². The van der Waals surface area contributed by atoms with E-state index in [0.29, 0.717) is 12.8 Å². The Morgan fingerprint density at radius 2 is 1.66 bits per heavy atom. The number of hydrogen-bond donors (Lipinski definition) is 1. The lowest BCUT2D eigenvalue weighted by molar-refractivity contribution is -0.141. The summed E-state index contributed by atoms with van der Waals surface area (Å²) in [6.45, 7) is 5.57. The van der Waals surface area contributed by atoms with Crippen molar-refractivity contribution in [2.24, 2.45) is 0 Å². The summed E-state index contributed by atoms with van der Waals surface area (Å²) in [4.78, 5) is 27.7. The quantitative estimate of drug-likeness (QED) is 0.391. The number of nitrogens with one attached hydrogen (secondary N) is 1. The number of nitrogens with zero attached hydrogens (tertiary/aromatic N) is 2. The molecule has 38 heavy (non-hydrogen) atoms. The van der Waals surface area contributed by atoms with Gasteiger partial charge in [-0.25, -0.2) is 8.42 Å². The molecular weight excluding hydrogens is 519 g/mol. The van der Waals surface area contributed by atoms with Gasteiger partial charge in [-0.2, -0.15) is 13.2 Å². The van der Waals surface area contributed by atoms with Crippen LogP contribution in [0.1, 0.15) is 51.2 Å². The Morgan fingerprint density at radius 1 is 1.00 bits per heavy atom. The summed E-state index contributed by atoms with van der Waals surface area (Å²) in [6, 6.07) is 12.8. The SMILES string of the molecule is CC[C@@H](C(=O)NC(C)C)N(CCc1ccccc1)C(=O)CCCN(c1cccc(C(F)(F)F)c1)S(C)(=O)=O. The average molecular weight is 556 g/mol. The second kappa shape index (κ2) is 13.6. The van der Waals surface area contributed by atoms with Crippen molar-refractivity contribution in [2.75, 3.05) is 23.7 Å². The fourth-order valence-electron chi connectivity index (χ4n) is 4.12. The molecule has 0 unspecified atom stereocenters. The van der Waals surface area contributed by atoms with Gasteiger partial charge in [0.2, 0.25) is 21.8 Å². The van der Waals surface area contributed by atoms with E-state index in [4.69, 9.17) is 0 Å². The number of carbonyl (C=O) groups is 2. The Balaban J connectivity index is 2.20. The van der Waals surface area contributed by atoms with Crippen molar-refractivity contribution in [3.05, 3.63) is 65.7 Å². The molecule has 2 amide bonds. The summed E-state index contributed by atoms with van der Waals surface area (Å²) in [5.74, 6) is -0.602. The maximum Gasteiger partial charge on any atom is 0.416 e. The summed E-state index contributed by atoms with van der Waals surface area (Å²) in [6.07, 6.45) is -2.82. The standard InChI is InChI=1S/C27H36F3N3O4S/c1-5-24(26(35)31-20(2)3)32(18-16-21-11-7-6-8-12-21)25(34)15-10-17-33(38(4,36)37)23-14-9-13-22(19-23)27(28,29)30/h6-9,11-14,19-20,24H,5,10,15-18H2,1-4H3,(H,31,35)/t24-/m0/s1. The van der Waals surface area contributed by atoms with E-state index < -0.39 is 27.8 Å². The molecule has 0 spiro atoms. The van der Waals surface area contributed by atoms with E-state index in [1.807, 2.05) is 51.1 Å². The van der Waals surface area contributed by atoms with Crippen molar-refractivity contribution in [2.45, 2.75) is 64.7 Å². The number of benzene rings is 2. The van der Waals surface area contributed by atoms with Crippen molar-refractivity contribution >= 4 is 27.5 Å². The molecule has 0 bridgehead atoms. The molecule has 2 aromatic carbocycles. The highest BCUT2D eigenvalue weighted by molar-refractivity contribution is 7.92. The van der Waals surface area contributed by atoms with Gasteiger partial charge < -0.3 is 10.2 Å². The third-order valence-corrected chi connectivity index (χ3v) is 7.11. The molecule has 0 aromatic heterocycles. The maximum atomic E-state index is 13.3. The van der Waals surface area contributed by atoms with Crippen LogP contribution in [0.15, 0.2) is 54.6 Å². The molecule has 0 aliphatic carbocycles. The summed E-state index contributed by atoms with van der Waals surface area (Å²) in [5, 5.41) is 2.85. The third kappa shape index (κ3) is 9.34. The van der Waals surface area contributed by atoms with Gasteiger partial charge in [-0.1, -0.05) is 43.3 Å². The van der Waals surface area contributed by atoms with Crippen LogP contribution in [0.3, 0.4) is 0 Å². The number of halogens is 3. The second-order valence-corrected chi connectivity index (χ2v) is 11.3. The fraction of sp³-hybridized carbons (Fsp3) is 0.481. The predicted octanol–water partition coefficient (Wildman–Crippen LogP) is 4.63. The van der Waals surface area contributed by atoms with Crippen LogP contribution in [-0.2, 0) is 32.2 Å². The second-order valence-electron chi connectivity index (χ2n) is 9.40. The van der Waals surface area contributed by atoms with Crippen LogP contribution in [0, 0.1) is 0 Å². The van der Waals surface area contributed by atoms with Crippen molar-refractivity contribution in [3.63, 3.8) is 0 Å². The van der Waals surface area contributed by atoms with Crippen LogP contribution < -0.4 is 9.62 Å². The number of anilines is 1. The molecule has 2 aromatic rings. The first-order valence-electron chi connectivity index (χ1n) is 12.5. The molecule has 210 valence electrons. The van der Waals surface area contributed by atoms with Crippen LogP contribution in [0.4, 0.5) is 18.9 Å². The van der Waals surface area contributed by atoms with Crippen LogP contribution in [0.25, 0.3) is 0 Å². The van der Waals surface area contributed by atoms with Gasteiger partial charge in [0.1, 0.15) is 6.04 Å². The van der Waals surface area contributed by atoms with Gasteiger partial charge in [-0.15, -0.1) is 0 Å². The molecule has 0 heterocycles. The van der Waals surface area contributed by atoms with Crippen LogP contribution in [0.2, 0.25) is 0 Å². The van der Waals surface area contributed by atoms with Gasteiger partial charge in [0.15, 0.2) is 0 Å². The van der Waals surface area contributed by atoms with Crippen molar-refractivity contribution in [1.29, 1.82) is 0 Å². The number of carbonyl (C=O) groups excluding carboxylic acids is 2. The molecule has 1 atom stereocenters. The molecule has 2 rings (SSSR count). The van der Waals surface area contributed by atoms with E-state index in [-0.39, 0.29) is 49.5 Å². The molecule has 0 fully saturated rings. The number of sulfonamides is 1. The van der Waals surface area contributed by atoms with Gasteiger partial charge in [0, 0.05) is 25.6 Å². The highest BCUT2D eigenvalue weighted by Crippen LogP contribution is 2.32. The number of hydrogen-bond acceptors (Lipinski definition) is 4. The molecular formula is C27H36F3N3O4S. The summed E-state index contributed by atoms with van der Waals surface area (Å²) in [5.41, 5.74) is -0.0931. The minimum atomic E-state index is -4.62. The minimum absolute atomic E-state index is 0.0617. The Kier molecular flexibility index (Phi) is 11.2. The molecule has 11 heteroatoms. The monoisotopic (exact) mass is 555 g/mol. The lowest BCUT2D eigenvalue weighted by atomic mass is 10.1. The topological polar surface area (TPSA) is 86.8 Å². The van der Waals surface area contributed by atoms with E-state index in [1.54, 1.807) is 0 Å². The fourth-order valence-corrected chi connectivity index (χ4v) is 5.08. The van der Waals surface area contributed by atoms with Crippen LogP contribution >= 0.6 is 0 Å². The predicted molar refractivity (Wildman–Crippen MR) is 142 cm³/mol. The van der Waals surface area contributed by atoms with E-state index >= 15 is 0 Å². The average Bonchev–Trinajstić information content (AvgIpc) is 2.83. The first kappa shape index (κ1) is 31.1. The largest absolute Gasteiger partial charge is 0.416 e. The summed E-state index contributed by atoms with van der Waals surface area (Å²) < 4.78 is 65.2. The lowest BCUT2D eigenvalue weighted by Gasteiger charge is -2.31. The maximum absolute atomic E-state index is 13.3. The first-order valence-corrected chi connectivity index (χ1v) is 14.4. The summed E-state index contributed by atoms with van der Waals surface area (Å²) >= 11 is 0. The van der Waals surface area contributed by atoms with Crippen LogP contribution in [0.5, 0.6) is 0 Å². The zero-order chi connectivity index (χ0) is 28.5. The molecule has 1 N–H and O–H groups in total. The van der Waals surface area contributed by atoms with Gasteiger partial charge in [0.25, 0.3) is 0 Å². The highest BCUT2D eigenvalue weighted by Gasteiger charge is 2.32. The lowest BCUT2D eigenvalue weighted by Crippen LogP contribution is -2.51. The van der Waals surface area contributed by atoms with E-state index in [2.05, 4.69) is 5.32 Å². The van der Waals surface area contributed by atoms with E-state index in [9.17, 15) is 31.2 Å². The van der Waals surface area contributed by atoms with Crippen molar-refractivity contribution < 1.29 is 31.2 Å². The molecule has 0 saturated carbocycles. The minimum Gasteiger partial charge on any atom is -0.352 e. The summed E-state index contributed by atoms with van der Waals surface area (Å²) in [7, 11) is -3.92. The number of rotatable bonds is 13. The zero-order valence-corrected chi connectivity index (χ0v) is 23.0. The van der Waals surface area contributed by atoms with Gasteiger partial charge >= 0.3 is 6.18 Å². The molecule has 0 aliphatic rings. The van der Waals surface area contributed by atoms with E-state index in [0.717, 1.165) is 34.3 Å². The number of alkyl halides is 3. The van der Waals surface area contributed by atoms with Gasteiger partial charge in [-0.05, 0) is 56.9 Å². The third-order valence-electron chi connectivity index (χ3n) is 5.91. The smallest absolute Gasteiger partial charge is 0.352 e. The Hall–Kier alpha value is -3.08. The first-order chi connectivity index (χ1) is 17.7. The molecule has 7 nitrogen and oxygen atoms in total. The Bertz CT molecular complexity index is 1170. The number of amides is 2. The van der Waals surface area contributed by atoms with Crippen LogP contribution in [-0.4, -0.2) is 56.6 Å². The normalized spacial score (nSPS) is 12.7.